The summed E-state index contributed by atoms with van der Waals surface area (Å²) in [4.78, 5) is 26.4. The maximum Gasteiger partial charge on any atom is 0.273 e. The van der Waals surface area contributed by atoms with Crippen LogP contribution in [-0.4, -0.2) is 26.6 Å². The van der Waals surface area contributed by atoms with Gasteiger partial charge in [0.25, 0.3) is 5.56 Å². The van der Waals surface area contributed by atoms with Gasteiger partial charge in [0.05, 0.1) is 18.7 Å². The quantitative estimate of drug-likeness (QED) is 0.773. The molecule has 0 radical (unpaired) electrons. The van der Waals surface area contributed by atoms with Crippen LogP contribution in [0.1, 0.15) is 49.5 Å². The lowest BCUT2D eigenvalue weighted by molar-refractivity contribution is 0.222. The van der Waals surface area contributed by atoms with E-state index >= 15 is 0 Å². The van der Waals surface area contributed by atoms with E-state index in [1.165, 1.54) is 12.7 Å². The topological polar surface area (TPSA) is 69.9 Å². The van der Waals surface area contributed by atoms with Crippen LogP contribution in [0.25, 0.3) is 11.2 Å². The number of hydrogen-bond donors (Lipinski definition) is 0. The van der Waals surface area contributed by atoms with Gasteiger partial charge in [0, 0.05) is 11.1 Å². The minimum Gasteiger partial charge on any atom is -0.497 e. The van der Waals surface area contributed by atoms with Gasteiger partial charge >= 0.3 is 0 Å². The van der Waals surface area contributed by atoms with E-state index in [0.717, 1.165) is 12.8 Å². The van der Waals surface area contributed by atoms with Crippen molar-refractivity contribution in [1.29, 1.82) is 0 Å². The number of ether oxygens (including phenoxy) is 1. The Labute approximate surface area is 168 Å². The van der Waals surface area contributed by atoms with Gasteiger partial charge in [-0.2, -0.15) is 0 Å². The highest BCUT2D eigenvalue weighted by Gasteiger charge is 2.29. The molecular formula is C21H23ClN4O2. The summed E-state index contributed by atoms with van der Waals surface area (Å²) in [6.07, 6.45) is 12.5. The lowest BCUT2D eigenvalue weighted by Gasteiger charge is -2.33. The summed E-state index contributed by atoms with van der Waals surface area (Å²) in [7, 11) is 1.60. The number of aryl methyl sites for hydroxylation is 1. The Hall–Kier alpha value is -2.47. The molecule has 2 atom stereocenters. The van der Waals surface area contributed by atoms with E-state index in [-0.39, 0.29) is 17.5 Å². The molecule has 7 heteroatoms. The molecule has 146 valence electrons. The zero-order chi connectivity index (χ0) is 19.8. The van der Waals surface area contributed by atoms with Crippen LogP contribution in [0.3, 0.4) is 0 Å². The van der Waals surface area contributed by atoms with Crippen molar-refractivity contribution in [3.05, 3.63) is 63.2 Å². The molecule has 0 saturated heterocycles. The summed E-state index contributed by atoms with van der Waals surface area (Å²) in [6, 6.07) is 0.0747. The van der Waals surface area contributed by atoms with Gasteiger partial charge in [-0.25, -0.2) is 15.0 Å². The normalized spacial score (nSPS) is 20.9. The van der Waals surface area contributed by atoms with E-state index in [1.807, 2.05) is 18.2 Å². The van der Waals surface area contributed by atoms with Gasteiger partial charge in [-0.05, 0) is 44.8 Å². The molecule has 2 heterocycles. The molecule has 28 heavy (non-hydrogen) atoms. The van der Waals surface area contributed by atoms with Gasteiger partial charge in [-0.15, -0.1) is 0 Å². The standard InChI is InChI=1S/C21H23ClN4O2/c1-12-21(27)26(13(2)14-6-4-7-14)20-19(25-12)18(23-11-24-20)16-9-5-8-15(28-3)10-17(16)22/h5,8-11,13-14,16H,4,6-7H2,1-3H3/t13-,16?/m0/s1. The Kier molecular flexibility index (Phi) is 5.06. The molecule has 1 saturated carbocycles. The van der Waals surface area contributed by atoms with Crippen molar-refractivity contribution >= 4 is 22.8 Å². The van der Waals surface area contributed by atoms with Gasteiger partial charge in [-0.1, -0.05) is 30.2 Å². The number of methoxy groups -OCH3 is 1. The SMILES string of the molecule is COC1=CC=CC(c2ncnc3c2nc(C)c(=O)n3[C@@H](C)C2CCC2)C(Cl)=C1. The van der Waals surface area contributed by atoms with Crippen LogP contribution >= 0.6 is 11.6 Å². The molecule has 1 fully saturated rings. The molecule has 0 spiro atoms. The highest BCUT2D eigenvalue weighted by atomic mass is 35.5. The summed E-state index contributed by atoms with van der Waals surface area (Å²) >= 11 is 6.58. The summed E-state index contributed by atoms with van der Waals surface area (Å²) in [5, 5.41) is 0.575. The summed E-state index contributed by atoms with van der Waals surface area (Å²) in [6.45, 7) is 3.84. The molecule has 0 amide bonds. The Morgan fingerprint density at radius 3 is 2.79 bits per heavy atom. The first kappa shape index (κ1) is 18.9. The molecule has 4 rings (SSSR count). The van der Waals surface area contributed by atoms with Gasteiger partial charge in [0.2, 0.25) is 0 Å². The fourth-order valence-electron chi connectivity index (χ4n) is 3.87. The van der Waals surface area contributed by atoms with E-state index in [1.54, 1.807) is 24.7 Å². The van der Waals surface area contributed by atoms with Crippen LogP contribution in [0, 0.1) is 12.8 Å². The second-order valence-electron chi connectivity index (χ2n) is 7.40. The molecule has 2 aromatic heterocycles. The summed E-state index contributed by atoms with van der Waals surface area (Å²) in [5.41, 5.74) is 2.24. The molecular weight excluding hydrogens is 376 g/mol. The third-order valence-electron chi connectivity index (χ3n) is 5.78. The van der Waals surface area contributed by atoms with Crippen LogP contribution in [-0.2, 0) is 4.74 Å². The number of fused-ring (bicyclic) bond motifs is 1. The largest absolute Gasteiger partial charge is 0.497 e. The maximum atomic E-state index is 12.9. The fourth-order valence-corrected chi connectivity index (χ4v) is 4.15. The van der Waals surface area contributed by atoms with Crippen molar-refractivity contribution in [3.8, 4) is 0 Å². The first-order chi connectivity index (χ1) is 13.5. The second-order valence-corrected chi connectivity index (χ2v) is 7.84. The fraction of sp³-hybridized carbons (Fsp3) is 0.429. The van der Waals surface area contributed by atoms with Gasteiger partial charge in [-0.3, -0.25) is 9.36 Å². The average molecular weight is 399 g/mol. The molecule has 6 nitrogen and oxygen atoms in total. The number of halogens is 1. The molecule has 2 aromatic rings. The highest BCUT2D eigenvalue weighted by molar-refractivity contribution is 6.30. The zero-order valence-electron chi connectivity index (χ0n) is 16.2. The van der Waals surface area contributed by atoms with E-state index < -0.39 is 0 Å². The third-order valence-corrected chi connectivity index (χ3v) is 6.12. The number of aromatic nitrogens is 4. The Balaban J connectivity index is 1.90. The minimum atomic E-state index is -0.284. The maximum absolute atomic E-state index is 12.9. The van der Waals surface area contributed by atoms with E-state index in [0.29, 0.717) is 39.3 Å². The lowest BCUT2D eigenvalue weighted by atomic mass is 9.80. The number of nitrogens with zero attached hydrogens (tertiary/aromatic N) is 4. The van der Waals surface area contributed by atoms with Crippen LogP contribution < -0.4 is 5.56 Å². The number of rotatable bonds is 4. The minimum absolute atomic E-state index is 0.0747. The first-order valence-electron chi connectivity index (χ1n) is 9.54. The Morgan fingerprint density at radius 1 is 1.32 bits per heavy atom. The molecule has 2 aliphatic carbocycles. The highest BCUT2D eigenvalue weighted by Crippen LogP contribution is 2.37. The van der Waals surface area contributed by atoms with Crippen molar-refractivity contribution in [2.24, 2.45) is 5.92 Å². The monoisotopic (exact) mass is 398 g/mol. The van der Waals surface area contributed by atoms with Crippen LogP contribution in [0.15, 0.2) is 46.2 Å². The summed E-state index contributed by atoms with van der Waals surface area (Å²) < 4.78 is 7.09. The lowest BCUT2D eigenvalue weighted by Crippen LogP contribution is -2.33. The number of hydrogen-bond acceptors (Lipinski definition) is 5. The smallest absolute Gasteiger partial charge is 0.273 e. The average Bonchev–Trinajstić information content (AvgIpc) is 2.82. The van der Waals surface area contributed by atoms with Gasteiger partial charge in [0.1, 0.15) is 23.3 Å². The zero-order valence-corrected chi connectivity index (χ0v) is 17.0. The molecule has 0 aromatic carbocycles. The van der Waals surface area contributed by atoms with Crippen LogP contribution in [0.4, 0.5) is 0 Å². The predicted octanol–water partition coefficient (Wildman–Crippen LogP) is 4.16. The Bertz CT molecular complexity index is 1070. The van der Waals surface area contributed by atoms with Crippen LogP contribution in [0.2, 0.25) is 0 Å². The molecule has 0 N–H and O–H groups in total. The molecule has 0 aliphatic heterocycles. The van der Waals surface area contributed by atoms with E-state index in [4.69, 9.17) is 16.3 Å². The van der Waals surface area contributed by atoms with Crippen LogP contribution in [0.5, 0.6) is 0 Å². The third kappa shape index (κ3) is 3.15. The molecule has 2 aliphatic rings. The van der Waals surface area contributed by atoms with Gasteiger partial charge in [0.15, 0.2) is 5.65 Å². The van der Waals surface area contributed by atoms with Crippen molar-refractivity contribution in [1.82, 2.24) is 19.5 Å². The predicted molar refractivity (Wildman–Crippen MR) is 109 cm³/mol. The van der Waals surface area contributed by atoms with Crippen molar-refractivity contribution in [3.63, 3.8) is 0 Å². The van der Waals surface area contributed by atoms with E-state index in [2.05, 4.69) is 21.9 Å². The van der Waals surface area contributed by atoms with E-state index in [9.17, 15) is 4.79 Å². The van der Waals surface area contributed by atoms with Gasteiger partial charge < -0.3 is 4.74 Å². The van der Waals surface area contributed by atoms with Crippen molar-refractivity contribution < 1.29 is 4.74 Å². The van der Waals surface area contributed by atoms with Crippen molar-refractivity contribution in [2.45, 2.75) is 45.1 Å². The second kappa shape index (κ2) is 7.51. The van der Waals surface area contributed by atoms with Crippen molar-refractivity contribution in [2.75, 3.05) is 7.11 Å². The molecule has 0 bridgehead atoms. The summed E-state index contributed by atoms with van der Waals surface area (Å²) in [5.74, 6) is 0.880. The molecule has 1 unspecified atom stereocenters. The first-order valence-corrected chi connectivity index (χ1v) is 9.92. The number of allylic oxidation sites excluding steroid dienone is 5. The Morgan fingerprint density at radius 2 is 2.11 bits per heavy atom.